The van der Waals surface area contributed by atoms with E-state index < -0.39 is 5.76 Å². The second kappa shape index (κ2) is 5.55. The molecular formula is C11H11BrN2O2S. The summed E-state index contributed by atoms with van der Waals surface area (Å²) in [5, 5.41) is 3.82. The first-order valence-electron chi connectivity index (χ1n) is 5.12. The number of aromatic nitrogens is 2. The Morgan fingerprint density at radius 1 is 1.53 bits per heavy atom. The van der Waals surface area contributed by atoms with Gasteiger partial charge in [-0.15, -0.1) is 11.8 Å². The second-order valence-corrected chi connectivity index (χ2v) is 5.49. The van der Waals surface area contributed by atoms with Gasteiger partial charge in [-0.1, -0.05) is 40.1 Å². The Balaban J connectivity index is 2.42. The molecule has 17 heavy (non-hydrogen) atoms. The standard InChI is InChI=1S/C11H11BrN2O2S/c1-2-17-7-14-10(13-16-11(14)15)8-4-3-5-9(12)6-8/h3-6H,2,7H2,1H3. The Kier molecular flexibility index (Phi) is 4.06. The first-order chi connectivity index (χ1) is 8.22. The van der Waals surface area contributed by atoms with Crippen LogP contribution in [0.25, 0.3) is 11.4 Å². The molecule has 1 heterocycles. The molecule has 0 spiro atoms. The van der Waals surface area contributed by atoms with Crippen molar-refractivity contribution in [2.45, 2.75) is 12.8 Å². The van der Waals surface area contributed by atoms with E-state index in [0.29, 0.717) is 11.7 Å². The first-order valence-corrected chi connectivity index (χ1v) is 7.07. The molecule has 0 radical (unpaired) electrons. The van der Waals surface area contributed by atoms with E-state index in [1.165, 1.54) is 4.57 Å². The van der Waals surface area contributed by atoms with Crippen molar-refractivity contribution in [3.05, 3.63) is 39.3 Å². The second-order valence-electron chi connectivity index (χ2n) is 3.33. The molecule has 0 unspecified atom stereocenters. The van der Waals surface area contributed by atoms with Crippen LogP contribution in [-0.2, 0) is 5.88 Å². The summed E-state index contributed by atoms with van der Waals surface area (Å²) < 4.78 is 7.20. The summed E-state index contributed by atoms with van der Waals surface area (Å²) in [5.74, 6) is 1.65. The zero-order valence-electron chi connectivity index (χ0n) is 9.22. The van der Waals surface area contributed by atoms with Crippen molar-refractivity contribution in [1.82, 2.24) is 9.72 Å². The Morgan fingerprint density at radius 2 is 2.35 bits per heavy atom. The minimum Gasteiger partial charge on any atom is -0.295 e. The van der Waals surface area contributed by atoms with Crippen LogP contribution in [0.4, 0.5) is 0 Å². The Morgan fingerprint density at radius 3 is 3.06 bits per heavy atom. The summed E-state index contributed by atoms with van der Waals surface area (Å²) >= 11 is 5.04. The molecule has 0 atom stereocenters. The molecule has 0 aliphatic carbocycles. The van der Waals surface area contributed by atoms with Crippen molar-refractivity contribution < 1.29 is 4.52 Å². The van der Waals surface area contributed by atoms with E-state index in [-0.39, 0.29) is 0 Å². The number of halogens is 1. The molecule has 0 aliphatic heterocycles. The van der Waals surface area contributed by atoms with Gasteiger partial charge in [0.1, 0.15) is 0 Å². The predicted octanol–water partition coefficient (Wildman–Crippen LogP) is 2.98. The van der Waals surface area contributed by atoms with Gasteiger partial charge in [0.05, 0.1) is 5.88 Å². The highest BCUT2D eigenvalue weighted by atomic mass is 79.9. The van der Waals surface area contributed by atoms with Crippen LogP contribution in [0.5, 0.6) is 0 Å². The molecule has 2 aromatic rings. The molecule has 2 rings (SSSR count). The van der Waals surface area contributed by atoms with E-state index in [9.17, 15) is 4.79 Å². The van der Waals surface area contributed by atoms with Gasteiger partial charge >= 0.3 is 5.76 Å². The van der Waals surface area contributed by atoms with E-state index in [1.54, 1.807) is 11.8 Å². The first kappa shape index (κ1) is 12.4. The smallest absolute Gasteiger partial charge is 0.295 e. The summed E-state index contributed by atoms with van der Waals surface area (Å²) in [7, 11) is 0. The van der Waals surface area contributed by atoms with E-state index >= 15 is 0 Å². The monoisotopic (exact) mass is 314 g/mol. The molecule has 1 aromatic heterocycles. The number of nitrogens with zero attached hydrogens (tertiary/aromatic N) is 2. The van der Waals surface area contributed by atoms with Crippen LogP contribution in [0.15, 0.2) is 38.1 Å². The molecule has 90 valence electrons. The van der Waals surface area contributed by atoms with Gasteiger partial charge in [0.2, 0.25) is 0 Å². The summed E-state index contributed by atoms with van der Waals surface area (Å²) in [6.45, 7) is 2.04. The molecule has 0 saturated carbocycles. The molecular weight excluding hydrogens is 304 g/mol. The lowest BCUT2D eigenvalue weighted by molar-refractivity contribution is 0.380. The maximum Gasteiger partial charge on any atom is 0.442 e. The third kappa shape index (κ3) is 2.81. The van der Waals surface area contributed by atoms with E-state index in [1.807, 2.05) is 31.2 Å². The average Bonchev–Trinajstić information content (AvgIpc) is 2.68. The maximum absolute atomic E-state index is 11.5. The van der Waals surface area contributed by atoms with Crippen molar-refractivity contribution in [2.75, 3.05) is 5.75 Å². The van der Waals surface area contributed by atoms with Gasteiger partial charge in [0.25, 0.3) is 0 Å². The zero-order valence-corrected chi connectivity index (χ0v) is 11.6. The van der Waals surface area contributed by atoms with Crippen LogP contribution in [0.2, 0.25) is 0 Å². The van der Waals surface area contributed by atoms with Crippen molar-refractivity contribution in [1.29, 1.82) is 0 Å². The molecule has 0 fully saturated rings. The van der Waals surface area contributed by atoms with Gasteiger partial charge in [-0.25, -0.2) is 9.36 Å². The van der Waals surface area contributed by atoms with Crippen molar-refractivity contribution in [3.63, 3.8) is 0 Å². The number of hydrogen-bond donors (Lipinski definition) is 0. The largest absolute Gasteiger partial charge is 0.442 e. The molecule has 1 aromatic carbocycles. The fourth-order valence-electron chi connectivity index (χ4n) is 1.40. The van der Waals surface area contributed by atoms with Crippen molar-refractivity contribution in [3.8, 4) is 11.4 Å². The molecule has 6 heteroatoms. The van der Waals surface area contributed by atoms with Gasteiger partial charge in [0.15, 0.2) is 5.82 Å². The summed E-state index contributed by atoms with van der Waals surface area (Å²) in [5.41, 5.74) is 0.863. The number of benzene rings is 1. The summed E-state index contributed by atoms with van der Waals surface area (Å²) in [6.07, 6.45) is 0. The van der Waals surface area contributed by atoms with Crippen molar-refractivity contribution >= 4 is 27.7 Å². The highest BCUT2D eigenvalue weighted by Crippen LogP contribution is 2.21. The van der Waals surface area contributed by atoms with Gasteiger partial charge < -0.3 is 0 Å². The van der Waals surface area contributed by atoms with Crippen LogP contribution in [0.3, 0.4) is 0 Å². The van der Waals surface area contributed by atoms with Crippen LogP contribution in [-0.4, -0.2) is 15.5 Å². The average molecular weight is 315 g/mol. The highest BCUT2D eigenvalue weighted by molar-refractivity contribution is 9.10. The lowest BCUT2D eigenvalue weighted by Crippen LogP contribution is -2.14. The molecule has 0 N–H and O–H groups in total. The fourth-order valence-corrected chi connectivity index (χ4v) is 2.39. The van der Waals surface area contributed by atoms with Gasteiger partial charge in [-0.3, -0.25) is 4.52 Å². The van der Waals surface area contributed by atoms with E-state index in [0.717, 1.165) is 15.8 Å². The molecule has 0 bridgehead atoms. The molecule has 0 aliphatic rings. The van der Waals surface area contributed by atoms with E-state index in [4.69, 9.17) is 4.52 Å². The van der Waals surface area contributed by atoms with Gasteiger partial charge in [-0.05, 0) is 17.9 Å². The normalized spacial score (nSPS) is 10.7. The quantitative estimate of drug-likeness (QED) is 0.870. The van der Waals surface area contributed by atoms with Crippen LogP contribution in [0.1, 0.15) is 6.92 Å². The highest BCUT2D eigenvalue weighted by Gasteiger charge is 2.12. The molecule has 0 saturated heterocycles. The lowest BCUT2D eigenvalue weighted by Gasteiger charge is -2.03. The van der Waals surface area contributed by atoms with Crippen LogP contribution in [0, 0.1) is 0 Å². The van der Waals surface area contributed by atoms with E-state index in [2.05, 4.69) is 21.1 Å². The fraction of sp³-hybridized carbons (Fsp3) is 0.273. The Labute approximate surface area is 111 Å². The van der Waals surface area contributed by atoms with Crippen molar-refractivity contribution in [2.24, 2.45) is 0 Å². The predicted molar refractivity (Wildman–Crippen MR) is 72.0 cm³/mol. The van der Waals surface area contributed by atoms with Crippen LogP contribution < -0.4 is 5.76 Å². The van der Waals surface area contributed by atoms with Crippen LogP contribution >= 0.6 is 27.7 Å². The minimum atomic E-state index is -0.416. The Hall–Kier alpha value is -1.01. The van der Waals surface area contributed by atoms with Gasteiger partial charge in [0, 0.05) is 10.0 Å². The molecule has 0 amide bonds. The summed E-state index contributed by atoms with van der Waals surface area (Å²) in [4.78, 5) is 11.5. The minimum absolute atomic E-state index is 0.416. The lowest BCUT2D eigenvalue weighted by atomic mass is 10.2. The SMILES string of the molecule is CCSCn1c(-c2cccc(Br)c2)noc1=O. The number of thioether (sulfide) groups is 1. The third-order valence-electron chi connectivity index (χ3n) is 2.19. The maximum atomic E-state index is 11.5. The Bertz CT molecular complexity index is 565. The number of hydrogen-bond acceptors (Lipinski definition) is 4. The topological polar surface area (TPSA) is 48.0 Å². The van der Waals surface area contributed by atoms with Gasteiger partial charge in [-0.2, -0.15) is 0 Å². The third-order valence-corrected chi connectivity index (χ3v) is 3.54. The molecule has 4 nitrogen and oxygen atoms in total. The summed E-state index contributed by atoms with van der Waals surface area (Å²) in [6, 6.07) is 7.63. The zero-order chi connectivity index (χ0) is 12.3. The number of rotatable bonds is 4.